The van der Waals surface area contributed by atoms with Crippen LogP contribution in [0.15, 0.2) is 0 Å². The lowest BCUT2D eigenvalue weighted by Crippen LogP contribution is -2.39. The zero-order valence-corrected chi connectivity index (χ0v) is 15.9. The van der Waals surface area contributed by atoms with Crippen LogP contribution in [0.5, 0.6) is 0 Å². The summed E-state index contributed by atoms with van der Waals surface area (Å²) in [6, 6.07) is 0. The topological polar surface area (TPSA) is 71.0 Å². The summed E-state index contributed by atoms with van der Waals surface area (Å²) in [6.07, 6.45) is 3.38. The van der Waals surface area contributed by atoms with Crippen molar-refractivity contribution in [1.29, 1.82) is 0 Å². The molecule has 6 heteroatoms. The Balaban J connectivity index is 2.52. The summed E-state index contributed by atoms with van der Waals surface area (Å²) in [5.41, 5.74) is -0.0505. The van der Waals surface area contributed by atoms with Crippen molar-refractivity contribution in [2.75, 3.05) is 78.7 Å². The standard InChI is InChI=1S/C18H40N4O2/c1-18(2,17-24)16-22-11-4-7-20-9-8-19-6-3-10-21(14-15-23)12-5-13-22/h19-20,23-24H,3-17H2,1-2H3. The maximum atomic E-state index is 9.56. The SMILES string of the molecule is CC(C)(CO)CN1CCCNCCNCCCN(CCO)CCC1. The van der Waals surface area contributed by atoms with Gasteiger partial charge in [0.1, 0.15) is 0 Å². The quantitative estimate of drug-likeness (QED) is 0.561. The van der Waals surface area contributed by atoms with Crippen LogP contribution in [0.4, 0.5) is 0 Å². The first-order chi connectivity index (χ1) is 11.6. The van der Waals surface area contributed by atoms with E-state index in [9.17, 15) is 10.2 Å². The molecule has 1 rings (SSSR count). The third kappa shape index (κ3) is 10.6. The van der Waals surface area contributed by atoms with Gasteiger partial charge in [-0.1, -0.05) is 13.8 Å². The van der Waals surface area contributed by atoms with Gasteiger partial charge in [0.05, 0.1) is 6.61 Å². The van der Waals surface area contributed by atoms with Crippen molar-refractivity contribution in [2.24, 2.45) is 5.41 Å². The third-order valence-corrected chi connectivity index (χ3v) is 4.58. The van der Waals surface area contributed by atoms with Crippen LogP contribution >= 0.6 is 0 Å². The summed E-state index contributed by atoms with van der Waals surface area (Å²) >= 11 is 0. The van der Waals surface area contributed by atoms with Gasteiger partial charge in [-0.05, 0) is 58.5 Å². The second-order valence-corrected chi connectivity index (χ2v) is 7.72. The second-order valence-electron chi connectivity index (χ2n) is 7.72. The van der Waals surface area contributed by atoms with Gasteiger partial charge >= 0.3 is 0 Å². The fourth-order valence-electron chi connectivity index (χ4n) is 3.20. The van der Waals surface area contributed by atoms with E-state index in [2.05, 4.69) is 34.3 Å². The van der Waals surface area contributed by atoms with Crippen molar-refractivity contribution in [1.82, 2.24) is 20.4 Å². The predicted molar refractivity (Wildman–Crippen MR) is 100 cm³/mol. The van der Waals surface area contributed by atoms with Gasteiger partial charge in [-0.2, -0.15) is 0 Å². The molecule has 1 aliphatic heterocycles. The fourth-order valence-corrected chi connectivity index (χ4v) is 3.20. The van der Waals surface area contributed by atoms with E-state index in [1.165, 1.54) is 0 Å². The van der Waals surface area contributed by atoms with E-state index < -0.39 is 0 Å². The molecule has 0 aromatic heterocycles. The summed E-state index contributed by atoms with van der Waals surface area (Å²) in [6.45, 7) is 14.8. The van der Waals surface area contributed by atoms with Crippen LogP contribution < -0.4 is 10.6 Å². The van der Waals surface area contributed by atoms with Gasteiger partial charge in [0.15, 0.2) is 0 Å². The third-order valence-electron chi connectivity index (χ3n) is 4.58. The van der Waals surface area contributed by atoms with Crippen molar-refractivity contribution in [3.8, 4) is 0 Å². The van der Waals surface area contributed by atoms with Gasteiger partial charge in [-0.25, -0.2) is 0 Å². The fraction of sp³-hybridized carbons (Fsp3) is 1.00. The van der Waals surface area contributed by atoms with Crippen molar-refractivity contribution in [3.63, 3.8) is 0 Å². The minimum absolute atomic E-state index is 0.0505. The zero-order chi connectivity index (χ0) is 17.7. The lowest BCUT2D eigenvalue weighted by Gasteiger charge is -2.32. The first-order valence-electron chi connectivity index (χ1n) is 9.65. The van der Waals surface area contributed by atoms with E-state index in [0.29, 0.717) is 0 Å². The number of hydrogen-bond donors (Lipinski definition) is 4. The summed E-state index contributed by atoms with van der Waals surface area (Å²) in [7, 11) is 0. The highest BCUT2D eigenvalue weighted by Gasteiger charge is 2.20. The van der Waals surface area contributed by atoms with E-state index in [1.54, 1.807) is 0 Å². The van der Waals surface area contributed by atoms with Crippen molar-refractivity contribution in [2.45, 2.75) is 33.1 Å². The number of β-amino-alcohol motifs (C(OH)–C–C–N with tert-alkyl or cyclic N) is 1. The molecule has 0 spiro atoms. The van der Waals surface area contributed by atoms with Gasteiger partial charge in [0.2, 0.25) is 0 Å². The monoisotopic (exact) mass is 344 g/mol. The maximum Gasteiger partial charge on any atom is 0.0558 e. The van der Waals surface area contributed by atoms with Gasteiger partial charge in [-0.15, -0.1) is 0 Å². The van der Waals surface area contributed by atoms with Crippen LogP contribution in [0.1, 0.15) is 33.1 Å². The van der Waals surface area contributed by atoms with E-state index in [1.807, 2.05) is 0 Å². The van der Waals surface area contributed by atoms with E-state index in [4.69, 9.17) is 0 Å². The molecular formula is C18H40N4O2. The molecule has 0 aliphatic carbocycles. The van der Waals surface area contributed by atoms with Gasteiger partial charge in [0.25, 0.3) is 0 Å². The van der Waals surface area contributed by atoms with Crippen molar-refractivity contribution < 1.29 is 10.2 Å². The number of nitrogens with zero attached hydrogens (tertiary/aromatic N) is 2. The minimum atomic E-state index is -0.0505. The van der Waals surface area contributed by atoms with Crippen LogP contribution in [-0.4, -0.2) is 98.7 Å². The highest BCUT2D eigenvalue weighted by Crippen LogP contribution is 2.16. The van der Waals surface area contributed by atoms with Crippen molar-refractivity contribution in [3.05, 3.63) is 0 Å². The second kappa shape index (κ2) is 13.0. The normalized spacial score (nSPS) is 22.0. The van der Waals surface area contributed by atoms with Crippen LogP contribution in [0.25, 0.3) is 0 Å². The van der Waals surface area contributed by atoms with E-state index >= 15 is 0 Å². The Morgan fingerprint density at radius 3 is 1.92 bits per heavy atom. The van der Waals surface area contributed by atoms with Gasteiger partial charge in [0, 0.05) is 38.2 Å². The zero-order valence-electron chi connectivity index (χ0n) is 15.9. The Labute approximate surface area is 148 Å². The maximum absolute atomic E-state index is 9.56. The molecule has 6 nitrogen and oxygen atoms in total. The van der Waals surface area contributed by atoms with E-state index in [-0.39, 0.29) is 18.6 Å². The Hall–Kier alpha value is -0.240. The molecule has 0 bridgehead atoms. The number of nitrogens with one attached hydrogen (secondary N) is 2. The molecule has 0 aromatic carbocycles. The largest absolute Gasteiger partial charge is 0.396 e. The van der Waals surface area contributed by atoms with Crippen LogP contribution in [0.3, 0.4) is 0 Å². The predicted octanol–water partition coefficient (Wildman–Crippen LogP) is -0.0357. The molecule has 1 aliphatic rings. The molecule has 0 amide bonds. The summed E-state index contributed by atoms with van der Waals surface area (Å²) in [5.74, 6) is 0. The first-order valence-corrected chi connectivity index (χ1v) is 9.65. The molecule has 1 fully saturated rings. The Morgan fingerprint density at radius 1 is 0.792 bits per heavy atom. The van der Waals surface area contributed by atoms with Crippen LogP contribution in [-0.2, 0) is 0 Å². The molecular weight excluding hydrogens is 304 g/mol. The molecule has 1 heterocycles. The lowest BCUT2D eigenvalue weighted by atomic mass is 9.94. The van der Waals surface area contributed by atoms with Crippen LogP contribution in [0.2, 0.25) is 0 Å². The first kappa shape index (κ1) is 21.8. The molecule has 0 atom stereocenters. The summed E-state index contributed by atoms with van der Waals surface area (Å²) in [5, 5.41) is 25.8. The molecule has 144 valence electrons. The van der Waals surface area contributed by atoms with Gasteiger partial charge < -0.3 is 30.6 Å². The molecule has 1 saturated heterocycles. The average Bonchev–Trinajstić information content (AvgIpc) is 2.56. The highest BCUT2D eigenvalue weighted by atomic mass is 16.3. The minimum Gasteiger partial charge on any atom is -0.396 e. The van der Waals surface area contributed by atoms with Gasteiger partial charge in [-0.3, -0.25) is 0 Å². The summed E-state index contributed by atoms with van der Waals surface area (Å²) < 4.78 is 0. The number of aliphatic hydroxyl groups excluding tert-OH is 2. The number of rotatable bonds is 5. The Morgan fingerprint density at radius 2 is 1.33 bits per heavy atom. The molecule has 24 heavy (non-hydrogen) atoms. The Bertz CT molecular complexity index is 303. The van der Waals surface area contributed by atoms with Crippen LogP contribution in [0, 0.1) is 5.41 Å². The molecule has 4 N–H and O–H groups in total. The number of aliphatic hydroxyl groups is 2. The van der Waals surface area contributed by atoms with E-state index in [0.717, 1.165) is 84.7 Å². The molecule has 0 unspecified atom stereocenters. The molecule has 0 saturated carbocycles. The molecule has 0 aromatic rings. The Kier molecular flexibility index (Phi) is 11.8. The average molecular weight is 345 g/mol. The summed E-state index contributed by atoms with van der Waals surface area (Å²) in [4.78, 5) is 4.86. The molecule has 0 radical (unpaired) electrons. The van der Waals surface area contributed by atoms with Crippen molar-refractivity contribution >= 4 is 0 Å². The lowest BCUT2D eigenvalue weighted by molar-refractivity contribution is 0.0980. The smallest absolute Gasteiger partial charge is 0.0558 e. The highest BCUT2D eigenvalue weighted by molar-refractivity contribution is 4.74. The number of hydrogen-bond acceptors (Lipinski definition) is 6.